The predicted octanol–water partition coefficient (Wildman–Crippen LogP) is 2.49. The number of carbonyl (C=O) groups is 1. The molecule has 1 aromatic heterocycles. The van der Waals surface area contributed by atoms with Crippen molar-refractivity contribution in [3.63, 3.8) is 0 Å². The number of H-pyrrole nitrogens is 1. The number of amides is 1. The smallest absolute Gasteiger partial charge is 0.330 e. The van der Waals surface area contributed by atoms with Gasteiger partial charge in [0.1, 0.15) is 5.82 Å². The van der Waals surface area contributed by atoms with Crippen molar-refractivity contribution in [1.29, 1.82) is 0 Å². The van der Waals surface area contributed by atoms with Gasteiger partial charge >= 0.3 is 5.69 Å². The Morgan fingerprint density at radius 3 is 2.32 bits per heavy atom. The molecule has 2 aromatic carbocycles. The quantitative estimate of drug-likeness (QED) is 0.579. The lowest BCUT2D eigenvalue weighted by Crippen LogP contribution is -2.42. The molecule has 0 unspecified atom stereocenters. The van der Waals surface area contributed by atoms with Crippen LogP contribution in [-0.2, 0) is 11.3 Å². The van der Waals surface area contributed by atoms with Gasteiger partial charge in [0.05, 0.1) is 6.61 Å². The molecule has 0 aliphatic rings. The van der Waals surface area contributed by atoms with Crippen molar-refractivity contribution in [2.75, 3.05) is 30.9 Å². The van der Waals surface area contributed by atoms with E-state index in [4.69, 9.17) is 10.5 Å². The Labute approximate surface area is 179 Å². The Morgan fingerprint density at radius 2 is 1.71 bits per heavy atom. The van der Waals surface area contributed by atoms with E-state index >= 15 is 0 Å². The average molecular weight is 422 g/mol. The number of hydrogen-bond acceptors (Lipinski definition) is 5. The molecule has 0 bridgehead atoms. The van der Waals surface area contributed by atoms with Gasteiger partial charge in [-0.15, -0.1) is 0 Å². The number of ether oxygens (including phenoxy) is 1. The monoisotopic (exact) mass is 422 g/mol. The highest BCUT2D eigenvalue weighted by Crippen LogP contribution is 2.22. The topological polar surface area (TPSA) is 110 Å². The van der Waals surface area contributed by atoms with Crippen LogP contribution in [0.4, 0.5) is 11.5 Å². The van der Waals surface area contributed by atoms with Crippen LogP contribution in [0.2, 0.25) is 0 Å². The number of anilines is 2. The maximum Gasteiger partial charge on any atom is 0.330 e. The van der Waals surface area contributed by atoms with Crippen LogP contribution in [0.15, 0.2) is 64.2 Å². The van der Waals surface area contributed by atoms with Crippen LogP contribution in [0, 0.1) is 0 Å². The highest BCUT2D eigenvalue weighted by atomic mass is 16.5. The second-order valence-corrected chi connectivity index (χ2v) is 7.04. The van der Waals surface area contributed by atoms with Crippen LogP contribution < -0.4 is 21.9 Å². The van der Waals surface area contributed by atoms with Gasteiger partial charge < -0.3 is 10.5 Å². The molecule has 3 rings (SSSR count). The molecule has 8 heteroatoms. The van der Waals surface area contributed by atoms with Gasteiger partial charge in [0, 0.05) is 25.8 Å². The van der Waals surface area contributed by atoms with Crippen molar-refractivity contribution in [3.8, 4) is 11.1 Å². The first-order valence-corrected chi connectivity index (χ1v) is 10.1. The van der Waals surface area contributed by atoms with Crippen LogP contribution in [0.1, 0.15) is 23.7 Å². The molecule has 0 aliphatic heterocycles. The average Bonchev–Trinajstić information content (AvgIpc) is 2.79. The summed E-state index contributed by atoms with van der Waals surface area (Å²) in [7, 11) is 1.50. The van der Waals surface area contributed by atoms with E-state index in [9.17, 15) is 14.4 Å². The highest BCUT2D eigenvalue weighted by molar-refractivity contribution is 6.07. The van der Waals surface area contributed by atoms with Crippen molar-refractivity contribution < 1.29 is 9.53 Å². The number of aromatic amines is 1. The van der Waals surface area contributed by atoms with Gasteiger partial charge in [-0.25, -0.2) is 4.79 Å². The fraction of sp³-hybridized carbons (Fsp3) is 0.261. The minimum atomic E-state index is -0.708. The molecule has 0 radical (unpaired) electrons. The number of nitrogens with zero attached hydrogens (tertiary/aromatic N) is 2. The number of nitrogen functional groups attached to an aromatic ring is 1. The van der Waals surface area contributed by atoms with E-state index < -0.39 is 17.2 Å². The molecule has 1 amide bonds. The van der Waals surface area contributed by atoms with Crippen molar-refractivity contribution >= 4 is 17.4 Å². The van der Waals surface area contributed by atoms with Gasteiger partial charge in [-0.3, -0.25) is 24.0 Å². The maximum absolute atomic E-state index is 13.3. The number of nitrogens with one attached hydrogen (secondary N) is 1. The predicted molar refractivity (Wildman–Crippen MR) is 121 cm³/mol. The Bertz CT molecular complexity index is 1150. The van der Waals surface area contributed by atoms with Crippen LogP contribution >= 0.6 is 0 Å². The molecule has 0 fully saturated rings. The summed E-state index contributed by atoms with van der Waals surface area (Å²) < 4.78 is 6.39. The molecule has 3 aromatic rings. The molecule has 0 atom stereocenters. The second kappa shape index (κ2) is 9.90. The Morgan fingerprint density at radius 1 is 1.06 bits per heavy atom. The largest absolute Gasteiger partial charge is 0.383 e. The van der Waals surface area contributed by atoms with E-state index in [0.29, 0.717) is 18.5 Å². The third-order valence-corrected chi connectivity index (χ3v) is 4.93. The molecular weight excluding hydrogens is 396 g/mol. The van der Waals surface area contributed by atoms with Gasteiger partial charge in [0.15, 0.2) is 5.69 Å². The lowest BCUT2D eigenvalue weighted by atomic mass is 10.0. The first kappa shape index (κ1) is 22.0. The van der Waals surface area contributed by atoms with Crippen molar-refractivity contribution in [1.82, 2.24) is 9.55 Å². The minimum Gasteiger partial charge on any atom is -0.383 e. The van der Waals surface area contributed by atoms with Gasteiger partial charge in [-0.05, 0) is 29.7 Å². The third-order valence-electron chi connectivity index (χ3n) is 4.93. The zero-order valence-corrected chi connectivity index (χ0v) is 17.6. The number of carbonyl (C=O) groups excluding carboxylic acids is 1. The molecule has 0 aliphatic carbocycles. The maximum atomic E-state index is 13.3. The van der Waals surface area contributed by atoms with Gasteiger partial charge in [0.2, 0.25) is 0 Å². The molecule has 1 heterocycles. The van der Waals surface area contributed by atoms with Crippen molar-refractivity contribution in [2.45, 2.75) is 19.9 Å². The molecular formula is C23H26N4O4. The summed E-state index contributed by atoms with van der Waals surface area (Å²) in [5.74, 6) is -0.448. The van der Waals surface area contributed by atoms with Crippen LogP contribution in [0.3, 0.4) is 0 Å². The lowest BCUT2D eigenvalue weighted by molar-refractivity contribution is 0.0975. The highest BCUT2D eigenvalue weighted by Gasteiger charge is 2.25. The van der Waals surface area contributed by atoms with Gasteiger partial charge in [0.25, 0.3) is 11.5 Å². The second-order valence-electron chi connectivity index (χ2n) is 7.04. The van der Waals surface area contributed by atoms with Crippen LogP contribution in [0.5, 0.6) is 0 Å². The number of methoxy groups -OCH3 is 1. The van der Waals surface area contributed by atoms with Crippen molar-refractivity contribution in [3.05, 3.63) is 81.0 Å². The van der Waals surface area contributed by atoms with E-state index in [1.165, 1.54) is 16.6 Å². The summed E-state index contributed by atoms with van der Waals surface area (Å²) in [6.07, 6.45) is 0.641. The fourth-order valence-electron chi connectivity index (χ4n) is 3.37. The Hall–Kier alpha value is -3.65. The number of hydrogen-bond donors (Lipinski definition) is 2. The molecule has 8 nitrogen and oxygen atoms in total. The molecule has 0 saturated heterocycles. The first-order chi connectivity index (χ1) is 15.0. The first-order valence-electron chi connectivity index (χ1n) is 10.1. The molecule has 31 heavy (non-hydrogen) atoms. The SMILES string of the molecule is CCCn1c(N)c(N(CCOC)C(=O)c2ccc(-c3ccccc3)cc2)c(=O)[nH]c1=O. The van der Waals surface area contributed by atoms with E-state index in [1.54, 1.807) is 12.1 Å². The summed E-state index contributed by atoms with van der Waals surface area (Å²) in [6, 6.07) is 16.9. The zero-order chi connectivity index (χ0) is 22.4. The molecule has 0 saturated carbocycles. The Kier molecular flexibility index (Phi) is 7.04. The number of nitrogens with two attached hydrogens (primary N) is 1. The Balaban J connectivity index is 2.02. The lowest BCUT2D eigenvalue weighted by Gasteiger charge is -2.24. The molecule has 3 N–H and O–H groups in total. The summed E-state index contributed by atoms with van der Waals surface area (Å²) in [4.78, 5) is 41.6. The van der Waals surface area contributed by atoms with Gasteiger partial charge in [-0.2, -0.15) is 0 Å². The summed E-state index contributed by atoms with van der Waals surface area (Å²) in [6.45, 7) is 2.51. The number of aromatic nitrogens is 2. The molecule has 0 spiro atoms. The summed E-state index contributed by atoms with van der Waals surface area (Å²) in [5, 5.41) is 0. The van der Waals surface area contributed by atoms with E-state index in [-0.39, 0.29) is 24.7 Å². The zero-order valence-electron chi connectivity index (χ0n) is 17.6. The standard InChI is InChI=1S/C23H26N4O4/c1-3-13-27-20(24)19(21(28)25-23(27)30)26(14-15-31-2)22(29)18-11-9-17(10-12-18)16-7-5-4-6-8-16/h4-12H,3,13-15,24H2,1-2H3,(H,25,28,30). The number of rotatable bonds is 8. The van der Waals surface area contributed by atoms with Crippen LogP contribution in [0.25, 0.3) is 11.1 Å². The van der Waals surface area contributed by atoms with E-state index in [0.717, 1.165) is 11.1 Å². The summed E-state index contributed by atoms with van der Waals surface area (Å²) >= 11 is 0. The minimum absolute atomic E-state index is 0.0408. The number of benzene rings is 2. The van der Waals surface area contributed by atoms with Crippen LogP contribution in [-0.4, -0.2) is 35.7 Å². The molecule has 162 valence electrons. The van der Waals surface area contributed by atoms with Gasteiger partial charge in [-0.1, -0.05) is 49.4 Å². The van der Waals surface area contributed by atoms with E-state index in [1.807, 2.05) is 49.4 Å². The van der Waals surface area contributed by atoms with E-state index in [2.05, 4.69) is 4.98 Å². The third kappa shape index (κ3) is 4.75. The van der Waals surface area contributed by atoms with Crippen molar-refractivity contribution in [2.24, 2.45) is 0 Å². The summed E-state index contributed by atoms with van der Waals surface area (Å²) in [5.41, 5.74) is 7.20. The fourth-order valence-corrected chi connectivity index (χ4v) is 3.37. The normalized spacial score (nSPS) is 10.8.